The largest absolute Gasteiger partial charge is 0.508 e. The van der Waals surface area contributed by atoms with Crippen LogP contribution in [0.15, 0.2) is 23.4 Å². The fraction of sp³-hybridized carbons (Fsp3) is 0.690. The second-order valence-electron chi connectivity index (χ2n) is 27.6. The van der Waals surface area contributed by atoms with Gasteiger partial charge in [0, 0.05) is 85.7 Å². The normalized spacial score (nSPS) is 23.0. The first-order valence-corrected chi connectivity index (χ1v) is 39.9. The lowest BCUT2D eigenvalue weighted by Gasteiger charge is -2.32. The molecule has 2 aromatic heterocycles. The molecule has 1 aromatic carbocycles. The second kappa shape index (κ2) is 46.7. The molecule has 0 radical (unpaired) electrons. The lowest BCUT2D eigenvalue weighted by atomic mass is 9.85. The third-order valence-corrected chi connectivity index (χ3v) is 21.8. The van der Waals surface area contributed by atoms with Crippen LogP contribution in [0.5, 0.6) is 5.75 Å². The molecule has 6 heterocycles. The highest BCUT2D eigenvalue weighted by Gasteiger charge is 2.46. The minimum Gasteiger partial charge on any atom is -0.508 e. The molecular weight excluding hydrogens is 1500 g/mol. The van der Waals surface area contributed by atoms with Crippen molar-refractivity contribution in [3.05, 3.63) is 35.2 Å². The van der Waals surface area contributed by atoms with Crippen molar-refractivity contribution in [3.63, 3.8) is 0 Å². The van der Waals surface area contributed by atoms with Crippen LogP contribution in [0.2, 0.25) is 0 Å². The molecule has 4 aliphatic rings. The van der Waals surface area contributed by atoms with Crippen LogP contribution in [0.1, 0.15) is 95.9 Å². The molecule has 0 saturated carbocycles. The molecule has 2 saturated heterocycles. The fourth-order valence-electron chi connectivity index (χ4n) is 12.8. The minimum atomic E-state index is -2.46. The number of imide groups is 1. The number of likely N-dealkylation sites (tertiary alicyclic amines) is 1. The number of ketones is 2. The summed E-state index contributed by atoms with van der Waals surface area (Å²) in [5.41, 5.74) is 6.79. The van der Waals surface area contributed by atoms with Crippen molar-refractivity contribution >= 4 is 104 Å². The average Bonchev–Trinajstić information content (AvgIpc) is 1.62. The highest BCUT2D eigenvalue weighted by molar-refractivity contribution is 7.98. The monoisotopic (exact) mass is 1600 g/mol. The van der Waals surface area contributed by atoms with Crippen molar-refractivity contribution < 1.29 is 115 Å². The number of carbonyl (C=O) groups excluding carboxylic acids is 12. The molecule has 618 valence electrons. The Morgan fingerprint density at radius 2 is 1.39 bits per heavy atom. The molecule has 12 atom stereocenters. The number of rotatable bonds is 40. The lowest BCUT2D eigenvalue weighted by Crippen LogP contribution is -2.60. The number of benzene rings is 1. The number of urea groups is 1. The van der Waals surface area contributed by atoms with E-state index in [0.29, 0.717) is 135 Å². The molecule has 2 fully saturated rings. The van der Waals surface area contributed by atoms with Crippen LogP contribution >= 0.6 is 11.8 Å². The number of Topliss-reactive ketones (excluding diaryl/α,β-unsaturated/α-hetero) is 2. The van der Waals surface area contributed by atoms with E-state index in [-0.39, 0.29) is 76.8 Å². The van der Waals surface area contributed by atoms with Crippen LogP contribution in [-0.2, 0) is 122 Å². The average molecular weight is 1610 g/mol. The summed E-state index contributed by atoms with van der Waals surface area (Å²) in [5.74, 6) is -13.9. The fourth-order valence-corrected chi connectivity index (χ4v) is 15.2. The maximum atomic E-state index is 15.3. The number of carbonyl (C=O) groups is 12. The van der Waals surface area contributed by atoms with Crippen molar-refractivity contribution in [2.75, 3.05) is 143 Å². The Balaban J connectivity index is 0.861. The molecule has 0 aliphatic carbocycles. The molecule has 7 rings (SSSR count). The van der Waals surface area contributed by atoms with Gasteiger partial charge in [-0.2, -0.15) is 11.8 Å². The molecule has 11 amide bonds. The number of nitrogens with zero attached hydrogens (tertiary/aromatic N) is 5. The summed E-state index contributed by atoms with van der Waals surface area (Å²) in [6, 6.07) is -4.59. The first kappa shape index (κ1) is 90.0. The van der Waals surface area contributed by atoms with Crippen LogP contribution in [0.25, 0.3) is 10.9 Å². The summed E-state index contributed by atoms with van der Waals surface area (Å²) in [4.78, 5) is 170. The number of aromatic hydroxyl groups is 1. The molecule has 14 N–H and O–H groups in total. The van der Waals surface area contributed by atoms with Gasteiger partial charge in [-0.1, -0.05) is 39.3 Å². The third kappa shape index (κ3) is 28.5. The third-order valence-electron chi connectivity index (χ3n) is 19.3. The number of phenolic OH excluding ortho intramolecular Hbond substituents is 1. The number of fused-ring (bicyclic) bond motifs is 5. The van der Waals surface area contributed by atoms with Gasteiger partial charge in [0.15, 0.2) is 11.6 Å². The van der Waals surface area contributed by atoms with E-state index < -0.39 is 194 Å². The van der Waals surface area contributed by atoms with Gasteiger partial charge in [-0.25, -0.2) is 9.48 Å². The topological polar surface area (TPSA) is 531 Å². The van der Waals surface area contributed by atoms with Crippen molar-refractivity contribution in [2.45, 2.75) is 146 Å². The van der Waals surface area contributed by atoms with Crippen LogP contribution < -0.4 is 43.0 Å². The van der Waals surface area contributed by atoms with Gasteiger partial charge < -0.3 is 106 Å². The van der Waals surface area contributed by atoms with Gasteiger partial charge in [0.05, 0.1) is 178 Å². The zero-order chi connectivity index (χ0) is 80.5. The van der Waals surface area contributed by atoms with E-state index in [0.717, 1.165) is 4.90 Å². The second-order valence-corrected chi connectivity index (χ2v) is 30.2. The number of thioether (sulfide) groups is 1. The van der Waals surface area contributed by atoms with Gasteiger partial charge in [0.25, 0.3) is 0 Å². The van der Waals surface area contributed by atoms with E-state index in [1.807, 2.05) is 0 Å². The Kier molecular flexibility index (Phi) is 37.9. The van der Waals surface area contributed by atoms with E-state index in [1.165, 1.54) is 35.7 Å². The first-order valence-electron chi connectivity index (χ1n) is 37.4. The van der Waals surface area contributed by atoms with Crippen molar-refractivity contribution in [1.82, 2.24) is 67.0 Å². The van der Waals surface area contributed by atoms with Crippen molar-refractivity contribution in [3.8, 4) is 5.75 Å². The number of phenols is 1. The van der Waals surface area contributed by atoms with Gasteiger partial charge in [0.2, 0.25) is 53.2 Å². The van der Waals surface area contributed by atoms with E-state index >= 15 is 4.21 Å². The predicted molar refractivity (Wildman–Crippen MR) is 397 cm³/mol. The standard InChI is InChI=1S/C71H108N14O24S2/c1-5-42(2)50-31-47(87)34-75-64(95)45-29-51-49-8-9-56(89)52(63(49)80-68(51)111(102)41-54(77-60(93)35-76-65(50)96)66(97)78-53(33-59(72)92)70(100)84-38-48(88)32-55(84)67(98)79-62(57(90)30-45)44(4)58(91)39-86)40-110-27-7-6-10-73-71(101)74-11-13-103-15-17-105-19-21-107-23-25-109-26-24-108-22-20-106-18-16-104-14-12-83-36-46(81-82-83)37-85-61(94)28-43(3)69(85)99/h8-9,36,42-45,48,50,53-55,58,62,80,86,88-89,91H,5-7,10-35,37-41H2,1-4H3,(H2,72,92)(H,75,95)(H,76,96)(H,77,93)(H,78,97)(H,79,98)(H2,73,74,101)/t42-,43?,44-,45+,48+,50-,53-,54-,55-,58-,62-,111?/m0/s1. The lowest BCUT2D eigenvalue weighted by molar-refractivity contribution is -0.144. The number of nitrogens with two attached hydrogens (primary N) is 1. The van der Waals surface area contributed by atoms with Crippen LogP contribution in [-0.4, -0.2) is 305 Å². The predicted octanol–water partition coefficient (Wildman–Crippen LogP) is -3.12. The molecule has 2 unspecified atom stereocenters. The number of amides is 11. The Hall–Kier alpha value is -8.16. The molecule has 0 spiro atoms. The maximum absolute atomic E-state index is 15.3. The Bertz CT molecular complexity index is 3660. The minimum absolute atomic E-state index is 0.109. The number of aliphatic hydroxyl groups excluding tert-OH is 3. The highest BCUT2D eigenvalue weighted by Crippen LogP contribution is 2.37. The molecule has 40 heteroatoms. The molecule has 3 aromatic rings. The van der Waals surface area contributed by atoms with Gasteiger partial charge >= 0.3 is 6.03 Å². The van der Waals surface area contributed by atoms with Crippen LogP contribution in [0.3, 0.4) is 0 Å². The maximum Gasteiger partial charge on any atom is 0.314 e. The summed E-state index contributed by atoms with van der Waals surface area (Å²) in [7, 11) is -2.46. The SMILES string of the molecule is CC[C@H](C)[C@@H]1CC(=O)CNC(=O)[C@H]2CC(=O)[C@H]([C@@H](C)[C@@H](O)CO)NC(=O)[C@@H]3C[C@@H](O)CN3C(=O)[C@H](CC(N)=O)NC(=O)[C@H](CS(=O)c3[nH]c4c(CSCCCCNC(=O)NCCOCCOCCOCCOCCOCCOCCOCCn5cc(CN6C(=O)CC(C)C6=O)nn5)c(O)ccc4c3C2)NC(=O)CNC1=O. The zero-order valence-electron chi connectivity index (χ0n) is 63.2. The first-order chi connectivity index (χ1) is 53.3. The molecular formula is C71H108N14O24S2. The Labute approximate surface area is 649 Å². The summed E-state index contributed by atoms with van der Waals surface area (Å²) >= 11 is 1.40. The smallest absolute Gasteiger partial charge is 0.314 e. The molecule has 111 heavy (non-hydrogen) atoms. The zero-order valence-corrected chi connectivity index (χ0v) is 64.8. The number of ether oxygens (including phenoxy) is 7. The van der Waals surface area contributed by atoms with E-state index in [9.17, 15) is 78.0 Å². The number of aliphatic hydroxyl groups is 3. The number of aromatic amines is 1. The molecule has 4 aliphatic heterocycles. The number of aromatic nitrogens is 4. The number of primary amides is 1. The van der Waals surface area contributed by atoms with Crippen LogP contribution in [0.4, 0.5) is 4.79 Å². The van der Waals surface area contributed by atoms with Gasteiger partial charge in [-0.15, -0.1) is 5.10 Å². The summed E-state index contributed by atoms with van der Waals surface area (Å²) in [5, 5.41) is 69.8. The molecule has 38 nitrogen and oxygen atoms in total. The van der Waals surface area contributed by atoms with Crippen molar-refractivity contribution in [1.29, 1.82) is 0 Å². The van der Waals surface area contributed by atoms with Crippen molar-refractivity contribution in [2.24, 2.45) is 35.3 Å². The number of nitrogens with one attached hydrogen (secondary N) is 8. The Morgan fingerprint density at radius 1 is 0.757 bits per heavy atom. The quantitative estimate of drug-likeness (QED) is 0.0198. The Morgan fingerprint density at radius 3 is 2.01 bits per heavy atom. The molecule has 2 bridgehead atoms. The number of hydrogen-bond donors (Lipinski definition) is 13. The van der Waals surface area contributed by atoms with E-state index in [4.69, 9.17) is 38.9 Å². The van der Waals surface area contributed by atoms with Gasteiger partial charge in [0.1, 0.15) is 34.6 Å². The summed E-state index contributed by atoms with van der Waals surface area (Å²) in [6.07, 6.45) is -2.48. The van der Waals surface area contributed by atoms with E-state index in [1.54, 1.807) is 31.6 Å². The number of H-pyrrole nitrogens is 1. The summed E-state index contributed by atoms with van der Waals surface area (Å²) in [6.45, 7) is 9.90. The summed E-state index contributed by atoms with van der Waals surface area (Å²) < 4.78 is 55.7. The van der Waals surface area contributed by atoms with Crippen LogP contribution in [0, 0.1) is 29.6 Å². The van der Waals surface area contributed by atoms with Gasteiger partial charge in [-0.05, 0) is 48.6 Å². The van der Waals surface area contributed by atoms with Gasteiger partial charge in [-0.3, -0.25) is 61.8 Å². The van der Waals surface area contributed by atoms with E-state index in [2.05, 4.69) is 52.5 Å². The number of hydrogen-bond acceptors (Lipinski definition) is 27. The highest BCUT2D eigenvalue weighted by atomic mass is 32.2. The number of unbranched alkanes of at least 4 members (excludes halogenated alkanes) is 1.